The Kier molecular flexibility index (Phi) is 5.44. The molecule has 3 nitrogen and oxygen atoms in total. The molecule has 0 aromatic heterocycles. The molecular formula is C14H28N2O. The molecule has 3 heteroatoms. The van der Waals surface area contributed by atoms with E-state index in [2.05, 4.69) is 13.8 Å². The second-order valence-corrected chi connectivity index (χ2v) is 6.30. The summed E-state index contributed by atoms with van der Waals surface area (Å²) in [5.74, 6) is 1.09. The second-order valence-electron chi connectivity index (χ2n) is 6.30. The van der Waals surface area contributed by atoms with Crippen LogP contribution in [0, 0.1) is 11.3 Å². The Hall–Kier alpha value is -0.570. The van der Waals surface area contributed by atoms with Crippen LogP contribution in [0.2, 0.25) is 0 Å². The van der Waals surface area contributed by atoms with Gasteiger partial charge in [-0.1, -0.05) is 39.5 Å². The predicted octanol–water partition coefficient (Wildman–Crippen LogP) is 2.40. The SMILES string of the molecule is CN(CCC1CCCC1)C(=O)CC(C)(C)CN. The maximum absolute atomic E-state index is 12.0. The minimum atomic E-state index is -0.0707. The molecule has 1 amide bonds. The molecule has 0 spiro atoms. The Morgan fingerprint density at radius 1 is 1.35 bits per heavy atom. The van der Waals surface area contributed by atoms with Gasteiger partial charge in [0.1, 0.15) is 0 Å². The molecule has 0 heterocycles. The van der Waals surface area contributed by atoms with Crippen LogP contribution in [0.1, 0.15) is 52.4 Å². The van der Waals surface area contributed by atoms with Crippen molar-refractivity contribution in [3.8, 4) is 0 Å². The van der Waals surface area contributed by atoms with Crippen molar-refractivity contribution in [3.05, 3.63) is 0 Å². The van der Waals surface area contributed by atoms with Crippen LogP contribution in [0.25, 0.3) is 0 Å². The van der Waals surface area contributed by atoms with E-state index < -0.39 is 0 Å². The number of nitrogens with zero attached hydrogens (tertiary/aromatic N) is 1. The summed E-state index contributed by atoms with van der Waals surface area (Å²) in [7, 11) is 1.92. The van der Waals surface area contributed by atoms with Crippen molar-refractivity contribution in [3.63, 3.8) is 0 Å². The number of carbonyl (C=O) groups excluding carboxylic acids is 1. The van der Waals surface area contributed by atoms with E-state index in [4.69, 9.17) is 5.73 Å². The highest BCUT2D eigenvalue weighted by molar-refractivity contribution is 5.76. The van der Waals surface area contributed by atoms with Gasteiger partial charge in [-0.3, -0.25) is 4.79 Å². The lowest BCUT2D eigenvalue weighted by atomic mass is 9.89. The zero-order valence-electron chi connectivity index (χ0n) is 11.7. The van der Waals surface area contributed by atoms with E-state index in [1.54, 1.807) is 0 Å². The molecule has 0 aliphatic heterocycles. The van der Waals surface area contributed by atoms with E-state index in [9.17, 15) is 4.79 Å². The number of rotatable bonds is 6. The number of nitrogens with two attached hydrogens (primary N) is 1. The van der Waals surface area contributed by atoms with Crippen LogP contribution in [0.4, 0.5) is 0 Å². The van der Waals surface area contributed by atoms with Gasteiger partial charge in [-0.15, -0.1) is 0 Å². The number of hydrogen-bond acceptors (Lipinski definition) is 2. The third-order valence-electron chi connectivity index (χ3n) is 3.96. The van der Waals surface area contributed by atoms with Gasteiger partial charge >= 0.3 is 0 Å². The molecule has 0 radical (unpaired) electrons. The highest BCUT2D eigenvalue weighted by Crippen LogP contribution is 2.27. The highest BCUT2D eigenvalue weighted by atomic mass is 16.2. The molecule has 0 unspecified atom stereocenters. The van der Waals surface area contributed by atoms with Gasteiger partial charge in [0.2, 0.25) is 5.91 Å². The summed E-state index contributed by atoms with van der Waals surface area (Å²) in [6.45, 7) is 5.57. The minimum absolute atomic E-state index is 0.0707. The monoisotopic (exact) mass is 240 g/mol. The molecule has 0 aromatic carbocycles. The molecule has 1 fully saturated rings. The minimum Gasteiger partial charge on any atom is -0.346 e. The first-order valence-corrected chi connectivity index (χ1v) is 6.88. The van der Waals surface area contributed by atoms with Gasteiger partial charge < -0.3 is 10.6 Å². The Morgan fingerprint density at radius 2 is 1.94 bits per heavy atom. The fourth-order valence-electron chi connectivity index (χ4n) is 2.42. The fraction of sp³-hybridized carbons (Fsp3) is 0.929. The molecule has 1 aliphatic carbocycles. The lowest BCUT2D eigenvalue weighted by Gasteiger charge is -2.26. The standard InChI is InChI=1S/C14H28N2O/c1-14(2,11-15)10-13(17)16(3)9-8-12-6-4-5-7-12/h12H,4-11,15H2,1-3H3. The Labute approximate surface area is 106 Å². The lowest BCUT2D eigenvalue weighted by Crippen LogP contribution is -2.35. The van der Waals surface area contributed by atoms with Gasteiger partial charge in [0.15, 0.2) is 0 Å². The number of hydrogen-bond donors (Lipinski definition) is 1. The van der Waals surface area contributed by atoms with Crippen LogP contribution >= 0.6 is 0 Å². The summed E-state index contributed by atoms with van der Waals surface area (Å²) in [5, 5.41) is 0. The van der Waals surface area contributed by atoms with Gasteiger partial charge in [-0.05, 0) is 24.3 Å². The van der Waals surface area contributed by atoms with Crippen molar-refractivity contribution in [1.29, 1.82) is 0 Å². The summed E-state index contributed by atoms with van der Waals surface area (Å²) >= 11 is 0. The average Bonchev–Trinajstić information content (AvgIpc) is 2.78. The normalized spacial score (nSPS) is 17.4. The summed E-state index contributed by atoms with van der Waals surface area (Å²) < 4.78 is 0. The topological polar surface area (TPSA) is 46.3 Å². The van der Waals surface area contributed by atoms with Crippen molar-refractivity contribution >= 4 is 5.91 Å². The van der Waals surface area contributed by atoms with E-state index in [1.807, 2.05) is 11.9 Å². The zero-order valence-corrected chi connectivity index (χ0v) is 11.7. The highest BCUT2D eigenvalue weighted by Gasteiger charge is 2.23. The molecular weight excluding hydrogens is 212 g/mol. The van der Waals surface area contributed by atoms with E-state index >= 15 is 0 Å². The molecule has 100 valence electrons. The molecule has 0 aromatic rings. The molecule has 17 heavy (non-hydrogen) atoms. The summed E-state index contributed by atoms with van der Waals surface area (Å²) in [6.07, 6.45) is 7.20. The van der Waals surface area contributed by atoms with Crippen LogP contribution < -0.4 is 5.73 Å². The van der Waals surface area contributed by atoms with Crippen molar-refractivity contribution in [2.75, 3.05) is 20.1 Å². The van der Waals surface area contributed by atoms with E-state index in [1.165, 1.54) is 32.1 Å². The Bertz CT molecular complexity index is 245. The molecule has 0 bridgehead atoms. The van der Waals surface area contributed by atoms with Crippen LogP contribution in [0.5, 0.6) is 0 Å². The summed E-state index contributed by atoms with van der Waals surface area (Å²) in [4.78, 5) is 13.9. The van der Waals surface area contributed by atoms with Gasteiger partial charge in [-0.25, -0.2) is 0 Å². The first-order valence-electron chi connectivity index (χ1n) is 6.88. The number of carbonyl (C=O) groups is 1. The first kappa shape index (κ1) is 14.5. The molecule has 1 saturated carbocycles. The predicted molar refractivity (Wildman–Crippen MR) is 71.7 cm³/mol. The van der Waals surface area contributed by atoms with E-state index in [-0.39, 0.29) is 11.3 Å². The molecule has 2 N–H and O–H groups in total. The zero-order chi connectivity index (χ0) is 12.9. The maximum atomic E-state index is 12.0. The molecule has 0 saturated heterocycles. The van der Waals surface area contributed by atoms with Crippen LogP contribution in [-0.2, 0) is 4.79 Å². The van der Waals surface area contributed by atoms with Crippen molar-refractivity contribution in [2.24, 2.45) is 17.1 Å². The average molecular weight is 240 g/mol. The van der Waals surface area contributed by atoms with Crippen molar-refractivity contribution in [2.45, 2.75) is 52.4 Å². The molecule has 1 aliphatic rings. The molecule has 0 atom stereocenters. The van der Waals surface area contributed by atoms with Crippen LogP contribution in [-0.4, -0.2) is 30.9 Å². The number of amides is 1. The van der Waals surface area contributed by atoms with Crippen molar-refractivity contribution in [1.82, 2.24) is 4.90 Å². The maximum Gasteiger partial charge on any atom is 0.222 e. The van der Waals surface area contributed by atoms with E-state index in [0.29, 0.717) is 13.0 Å². The summed E-state index contributed by atoms with van der Waals surface area (Å²) in [5.41, 5.74) is 5.59. The van der Waals surface area contributed by atoms with Crippen molar-refractivity contribution < 1.29 is 4.79 Å². The van der Waals surface area contributed by atoms with Gasteiger partial charge in [0.05, 0.1) is 0 Å². The quantitative estimate of drug-likeness (QED) is 0.775. The Morgan fingerprint density at radius 3 is 2.47 bits per heavy atom. The second kappa shape index (κ2) is 6.39. The summed E-state index contributed by atoms with van der Waals surface area (Å²) in [6, 6.07) is 0. The fourth-order valence-corrected chi connectivity index (χ4v) is 2.42. The first-order chi connectivity index (χ1) is 7.94. The smallest absolute Gasteiger partial charge is 0.222 e. The van der Waals surface area contributed by atoms with Crippen LogP contribution in [0.15, 0.2) is 0 Å². The van der Waals surface area contributed by atoms with Gasteiger partial charge in [0, 0.05) is 20.0 Å². The third-order valence-corrected chi connectivity index (χ3v) is 3.96. The Balaban J connectivity index is 2.26. The molecule has 1 rings (SSSR count). The van der Waals surface area contributed by atoms with Crippen LogP contribution in [0.3, 0.4) is 0 Å². The van der Waals surface area contributed by atoms with E-state index in [0.717, 1.165) is 12.5 Å². The van der Waals surface area contributed by atoms with Gasteiger partial charge in [-0.2, -0.15) is 0 Å². The lowest BCUT2D eigenvalue weighted by molar-refractivity contribution is -0.132. The van der Waals surface area contributed by atoms with Gasteiger partial charge in [0.25, 0.3) is 0 Å². The third kappa shape index (κ3) is 5.07. The largest absolute Gasteiger partial charge is 0.346 e.